The second-order valence-corrected chi connectivity index (χ2v) is 5.67. The van der Waals surface area contributed by atoms with Crippen LogP contribution in [0.4, 0.5) is 4.79 Å². The molecule has 5 heteroatoms. The highest BCUT2D eigenvalue weighted by Gasteiger charge is 2.24. The zero-order valence-electron chi connectivity index (χ0n) is 11.0. The molecule has 106 valence electrons. The number of halogens is 1. The van der Waals surface area contributed by atoms with E-state index >= 15 is 0 Å². The maximum absolute atomic E-state index is 10.9. The van der Waals surface area contributed by atoms with Gasteiger partial charge in [0.2, 0.25) is 0 Å². The highest BCUT2D eigenvalue weighted by Crippen LogP contribution is 2.25. The molecule has 3 N–H and O–H groups in total. The molecule has 0 spiro atoms. The number of rotatable bonds is 7. The van der Waals surface area contributed by atoms with Gasteiger partial charge in [0.15, 0.2) is 0 Å². The molecule has 0 aromatic heterocycles. The minimum Gasteiger partial charge on any atom is -0.465 e. The summed E-state index contributed by atoms with van der Waals surface area (Å²) < 4.78 is 0.952. The Balaban J connectivity index is 2.82. The van der Waals surface area contributed by atoms with Crippen LogP contribution in [0.1, 0.15) is 44.2 Å². The van der Waals surface area contributed by atoms with Crippen molar-refractivity contribution in [1.29, 1.82) is 0 Å². The Bertz CT molecular complexity index is 411. The van der Waals surface area contributed by atoms with Gasteiger partial charge in [-0.3, -0.25) is 0 Å². The van der Waals surface area contributed by atoms with Crippen LogP contribution >= 0.6 is 22.6 Å². The van der Waals surface area contributed by atoms with Gasteiger partial charge in [0.05, 0.1) is 12.1 Å². The van der Waals surface area contributed by atoms with E-state index in [2.05, 4.69) is 34.8 Å². The molecule has 2 atom stereocenters. The third-order valence-corrected chi connectivity index (χ3v) is 3.99. The highest BCUT2D eigenvalue weighted by atomic mass is 127. The average molecular weight is 377 g/mol. The lowest BCUT2D eigenvalue weighted by Gasteiger charge is -2.24. The second kappa shape index (κ2) is 8.37. The van der Waals surface area contributed by atoms with E-state index in [4.69, 9.17) is 5.11 Å². The molecule has 0 aliphatic rings. The topological polar surface area (TPSA) is 69.6 Å². The lowest BCUT2D eigenvalue weighted by molar-refractivity contribution is 0.109. The fraction of sp³-hybridized carbons (Fsp3) is 0.500. The minimum absolute atomic E-state index is 0.567. The fourth-order valence-corrected chi connectivity index (χ4v) is 2.73. The van der Waals surface area contributed by atoms with Gasteiger partial charge in [-0.2, -0.15) is 0 Å². The van der Waals surface area contributed by atoms with Crippen molar-refractivity contribution in [2.45, 2.75) is 44.8 Å². The molecular formula is C14H20INO3. The molecule has 1 amide bonds. The molecule has 0 saturated carbocycles. The number of nitrogens with one attached hydrogen (secondary N) is 1. The Morgan fingerprint density at radius 3 is 2.63 bits per heavy atom. The van der Waals surface area contributed by atoms with Crippen molar-refractivity contribution < 1.29 is 15.0 Å². The summed E-state index contributed by atoms with van der Waals surface area (Å²) in [5.41, 5.74) is 0.828. The van der Waals surface area contributed by atoms with Crippen LogP contribution in [-0.2, 0) is 0 Å². The van der Waals surface area contributed by atoms with Gasteiger partial charge in [-0.25, -0.2) is 4.79 Å². The largest absolute Gasteiger partial charge is 0.465 e. The Morgan fingerprint density at radius 2 is 2.05 bits per heavy atom. The molecule has 0 heterocycles. The molecular weight excluding hydrogens is 357 g/mol. The quantitative estimate of drug-likeness (QED) is 0.503. The molecule has 1 aromatic carbocycles. The lowest BCUT2D eigenvalue weighted by atomic mass is 9.97. The molecule has 0 radical (unpaired) electrons. The van der Waals surface area contributed by atoms with Crippen LogP contribution in [0.15, 0.2) is 24.3 Å². The Morgan fingerprint density at radius 1 is 1.37 bits per heavy atom. The van der Waals surface area contributed by atoms with E-state index in [1.807, 2.05) is 24.3 Å². The number of carbonyl (C=O) groups is 1. The van der Waals surface area contributed by atoms with Crippen molar-refractivity contribution in [3.8, 4) is 0 Å². The van der Waals surface area contributed by atoms with Crippen molar-refractivity contribution in [3.63, 3.8) is 0 Å². The summed E-state index contributed by atoms with van der Waals surface area (Å²) in [6.45, 7) is 2.10. The van der Waals surface area contributed by atoms with Gasteiger partial charge in [-0.15, -0.1) is 0 Å². The van der Waals surface area contributed by atoms with Crippen LogP contribution < -0.4 is 5.32 Å². The second-order valence-electron chi connectivity index (χ2n) is 4.51. The molecule has 0 bridgehead atoms. The van der Waals surface area contributed by atoms with Crippen molar-refractivity contribution >= 4 is 28.7 Å². The van der Waals surface area contributed by atoms with Gasteiger partial charge in [0.1, 0.15) is 0 Å². The number of aliphatic hydroxyl groups is 1. The maximum Gasteiger partial charge on any atom is 0.405 e. The predicted molar refractivity (Wildman–Crippen MR) is 83.2 cm³/mol. The van der Waals surface area contributed by atoms with Crippen molar-refractivity contribution in [3.05, 3.63) is 33.4 Å². The van der Waals surface area contributed by atoms with Crippen molar-refractivity contribution in [2.75, 3.05) is 0 Å². The van der Waals surface area contributed by atoms with Gasteiger partial charge in [0, 0.05) is 3.57 Å². The van der Waals surface area contributed by atoms with Gasteiger partial charge in [0.25, 0.3) is 0 Å². The van der Waals surface area contributed by atoms with E-state index in [-0.39, 0.29) is 0 Å². The SMILES string of the molecule is CCCCCC(O)C(NC(=O)O)c1ccccc1I. The Hall–Kier alpha value is -0.820. The summed E-state index contributed by atoms with van der Waals surface area (Å²) in [4.78, 5) is 10.9. The van der Waals surface area contributed by atoms with Crippen LogP contribution in [0.3, 0.4) is 0 Å². The molecule has 1 aromatic rings. The van der Waals surface area contributed by atoms with E-state index in [0.717, 1.165) is 28.4 Å². The first-order chi connectivity index (χ1) is 9.06. The maximum atomic E-state index is 10.9. The van der Waals surface area contributed by atoms with Crippen molar-refractivity contribution in [1.82, 2.24) is 5.32 Å². The fourth-order valence-electron chi connectivity index (χ4n) is 2.01. The first-order valence-electron chi connectivity index (χ1n) is 6.48. The Labute approximate surface area is 127 Å². The number of unbranched alkanes of at least 4 members (excludes halogenated alkanes) is 2. The first-order valence-corrected chi connectivity index (χ1v) is 7.56. The lowest BCUT2D eigenvalue weighted by Crippen LogP contribution is -2.35. The summed E-state index contributed by atoms with van der Waals surface area (Å²) in [5, 5.41) is 21.6. The summed E-state index contributed by atoms with van der Waals surface area (Å²) in [6.07, 6.45) is 1.82. The molecule has 4 nitrogen and oxygen atoms in total. The number of hydrogen-bond donors (Lipinski definition) is 3. The normalized spacial score (nSPS) is 13.8. The summed E-state index contributed by atoms with van der Waals surface area (Å²) >= 11 is 2.16. The van der Waals surface area contributed by atoms with E-state index < -0.39 is 18.2 Å². The molecule has 0 aliphatic carbocycles. The van der Waals surface area contributed by atoms with Crippen LogP contribution in [0.25, 0.3) is 0 Å². The van der Waals surface area contributed by atoms with E-state index in [0.29, 0.717) is 6.42 Å². The summed E-state index contributed by atoms with van der Waals surface area (Å²) in [5.74, 6) is 0. The number of aliphatic hydroxyl groups excluding tert-OH is 1. The van der Waals surface area contributed by atoms with Gasteiger partial charge < -0.3 is 15.5 Å². The molecule has 0 aliphatic heterocycles. The average Bonchev–Trinajstić information content (AvgIpc) is 2.37. The standard InChI is InChI=1S/C14H20INO3/c1-2-3-4-9-12(17)13(16-14(18)19)10-7-5-6-8-11(10)15/h5-8,12-13,16-17H,2-4,9H2,1H3,(H,18,19). The molecule has 0 saturated heterocycles. The van der Waals surface area contributed by atoms with E-state index in [1.165, 1.54) is 0 Å². The Kier molecular flexibility index (Phi) is 7.15. The van der Waals surface area contributed by atoms with Crippen LogP contribution in [0.5, 0.6) is 0 Å². The monoisotopic (exact) mass is 377 g/mol. The van der Waals surface area contributed by atoms with Gasteiger partial charge in [-0.1, -0.05) is 44.4 Å². The van der Waals surface area contributed by atoms with Crippen LogP contribution in [0, 0.1) is 3.57 Å². The van der Waals surface area contributed by atoms with Gasteiger partial charge >= 0.3 is 6.09 Å². The van der Waals surface area contributed by atoms with Crippen LogP contribution in [-0.4, -0.2) is 22.4 Å². The number of amides is 1. The predicted octanol–water partition coefficient (Wildman–Crippen LogP) is 3.54. The third kappa shape index (κ3) is 5.36. The summed E-state index contributed by atoms with van der Waals surface area (Å²) in [7, 11) is 0. The number of hydrogen-bond acceptors (Lipinski definition) is 2. The van der Waals surface area contributed by atoms with Crippen LogP contribution in [0.2, 0.25) is 0 Å². The minimum atomic E-state index is -1.11. The zero-order valence-corrected chi connectivity index (χ0v) is 13.1. The molecule has 19 heavy (non-hydrogen) atoms. The highest BCUT2D eigenvalue weighted by molar-refractivity contribution is 14.1. The number of benzene rings is 1. The van der Waals surface area contributed by atoms with E-state index in [1.54, 1.807) is 0 Å². The van der Waals surface area contributed by atoms with E-state index in [9.17, 15) is 9.90 Å². The summed E-state index contributed by atoms with van der Waals surface area (Å²) in [6, 6.07) is 6.94. The first kappa shape index (κ1) is 16.2. The molecule has 0 fully saturated rings. The van der Waals surface area contributed by atoms with Gasteiger partial charge in [-0.05, 0) is 40.6 Å². The zero-order chi connectivity index (χ0) is 14.3. The third-order valence-electron chi connectivity index (χ3n) is 3.01. The molecule has 1 rings (SSSR count). The number of carboxylic acid groups (broad SMARTS) is 1. The van der Waals surface area contributed by atoms with Crippen molar-refractivity contribution in [2.24, 2.45) is 0 Å². The smallest absolute Gasteiger partial charge is 0.405 e. The molecule has 2 unspecified atom stereocenters.